The van der Waals surface area contributed by atoms with Gasteiger partial charge in [0.15, 0.2) is 5.82 Å². The summed E-state index contributed by atoms with van der Waals surface area (Å²) in [5, 5.41) is 0. The molecular formula is C21H25N5. The number of piperidine rings is 1. The monoisotopic (exact) mass is 347 g/mol. The second-order valence-corrected chi connectivity index (χ2v) is 7.51. The molecule has 1 N–H and O–H groups in total. The van der Waals surface area contributed by atoms with Gasteiger partial charge in [-0.3, -0.25) is 4.90 Å². The smallest absolute Gasteiger partial charge is 0.156 e. The Kier molecular flexibility index (Phi) is 3.89. The van der Waals surface area contributed by atoms with Gasteiger partial charge >= 0.3 is 0 Å². The van der Waals surface area contributed by atoms with Gasteiger partial charge in [0.25, 0.3) is 0 Å². The van der Waals surface area contributed by atoms with Crippen molar-refractivity contribution in [1.29, 1.82) is 0 Å². The minimum atomic E-state index is 0.174. The third-order valence-corrected chi connectivity index (χ3v) is 6.23. The Balaban J connectivity index is 1.46. The molecule has 2 aliphatic heterocycles. The fourth-order valence-corrected chi connectivity index (χ4v) is 4.85. The van der Waals surface area contributed by atoms with Crippen LogP contribution in [0.5, 0.6) is 0 Å². The van der Waals surface area contributed by atoms with E-state index in [0.717, 1.165) is 42.8 Å². The Morgan fingerprint density at radius 1 is 0.885 bits per heavy atom. The molecule has 4 heterocycles. The van der Waals surface area contributed by atoms with Crippen LogP contribution in [-0.2, 0) is 5.54 Å². The summed E-state index contributed by atoms with van der Waals surface area (Å²) in [4.78, 5) is 17.5. The number of rotatable bonds is 3. The van der Waals surface area contributed by atoms with Crippen molar-refractivity contribution in [2.45, 2.75) is 31.2 Å². The highest BCUT2D eigenvalue weighted by Crippen LogP contribution is 2.41. The second kappa shape index (κ2) is 6.40. The van der Waals surface area contributed by atoms with Crippen molar-refractivity contribution < 1.29 is 0 Å². The molecule has 134 valence electrons. The van der Waals surface area contributed by atoms with E-state index >= 15 is 0 Å². The standard InChI is InChI=1S/C21H25N5/c1-2-6-17(7-3-1)21(26-12-4-5-13-26)9-14-25(15-10-21)20-19-18(8-11-22-20)23-16-24-19/h1-3,6-8,11,16H,4-5,9-10,12-15H2,(H,23,24). The van der Waals surface area contributed by atoms with Gasteiger partial charge in [-0.15, -0.1) is 0 Å². The van der Waals surface area contributed by atoms with E-state index < -0.39 is 0 Å². The fourth-order valence-electron chi connectivity index (χ4n) is 4.85. The zero-order valence-corrected chi connectivity index (χ0v) is 15.1. The van der Waals surface area contributed by atoms with Gasteiger partial charge in [-0.25, -0.2) is 9.97 Å². The molecule has 26 heavy (non-hydrogen) atoms. The van der Waals surface area contributed by atoms with Crippen molar-refractivity contribution >= 4 is 16.9 Å². The number of pyridine rings is 1. The second-order valence-electron chi connectivity index (χ2n) is 7.51. The van der Waals surface area contributed by atoms with Crippen LogP contribution in [0, 0.1) is 0 Å². The number of likely N-dealkylation sites (tertiary alicyclic amines) is 1. The molecule has 2 fully saturated rings. The van der Waals surface area contributed by atoms with Gasteiger partial charge in [0.1, 0.15) is 5.52 Å². The number of anilines is 1. The summed E-state index contributed by atoms with van der Waals surface area (Å²) in [5.41, 5.74) is 3.70. The lowest BCUT2D eigenvalue weighted by Crippen LogP contribution is -2.52. The maximum Gasteiger partial charge on any atom is 0.156 e. The molecule has 5 nitrogen and oxygen atoms in total. The molecule has 1 aromatic carbocycles. The number of nitrogens with zero attached hydrogens (tertiary/aromatic N) is 4. The summed E-state index contributed by atoms with van der Waals surface area (Å²) in [5.74, 6) is 1.02. The summed E-state index contributed by atoms with van der Waals surface area (Å²) in [6.45, 7) is 4.49. The van der Waals surface area contributed by atoms with Crippen molar-refractivity contribution in [1.82, 2.24) is 19.9 Å². The maximum atomic E-state index is 4.65. The van der Waals surface area contributed by atoms with Crippen LogP contribution in [0.1, 0.15) is 31.2 Å². The average molecular weight is 347 g/mol. The van der Waals surface area contributed by atoms with Crippen LogP contribution < -0.4 is 4.90 Å². The first-order chi connectivity index (χ1) is 12.9. The Labute approximate surface area is 154 Å². The average Bonchev–Trinajstić information content (AvgIpc) is 3.40. The third-order valence-electron chi connectivity index (χ3n) is 6.23. The molecule has 0 aliphatic carbocycles. The van der Waals surface area contributed by atoms with Crippen LogP contribution in [-0.4, -0.2) is 46.0 Å². The van der Waals surface area contributed by atoms with E-state index in [4.69, 9.17) is 0 Å². The van der Waals surface area contributed by atoms with Gasteiger partial charge in [0, 0.05) is 24.8 Å². The Morgan fingerprint density at radius 3 is 2.42 bits per heavy atom. The summed E-state index contributed by atoms with van der Waals surface area (Å²) in [6.07, 6.45) is 8.57. The molecule has 0 spiro atoms. The van der Waals surface area contributed by atoms with Crippen molar-refractivity contribution in [3.05, 3.63) is 54.5 Å². The van der Waals surface area contributed by atoms with Gasteiger partial charge in [-0.2, -0.15) is 0 Å². The van der Waals surface area contributed by atoms with E-state index in [1.807, 2.05) is 12.3 Å². The molecule has 0 amide bonds. The minimum Gasteiger partial charge on any atom is -0.355 e. The molecule has 0 bridgehead atoms. The zero-order valence-electron chi connectivity index (χ0n) is 15.1. The molecule has 0 unspecified atom stereocenters. The molecule has 0 saturated carbocycles. The lowest BCUT2D eigenvalue weighted by Gasteiger charge is -2.48. The van der Waals surface area contributed by atoms with Gasteiger partial charge < -0.3 is 9.88 Å². The highest BCUT2D eigenvalue weighted by molar-refractivity contribution is 5.85. The van der Waals surface area contributed by atoms with Crippen LogP contribution in [0.15, 0.2) is 48.9 Å². The number of H-pyrrole nitrogens is 1. The molecule has 5 heteroatoms. The lowest BCUT2D eigenvalue weighted by atomic mass is 9.79. The third kappa shape index (κ3) is 2.50. The SMILES string of the molecule is c1ccc(C2(N3CCCC3)CCN(c3nccc4[nH]cnc34)CC2)cc1. The Bertz CT molecular complexity index is 874. The van der Waals surface area contributed by atoms with Crippen molar-refractivity contribution in [2.75, 3.05) is 31.1 Å². The number of fused-ring (bicyclic) bond motifs is 1. The van der Waals surface area contributed by atoms with E-state index in [0.29, 0.717) is 0 Å². The van der Waals surface area contributed by atoms with E-state index in [-0.39, 0.29) is 5.54 Å². The van der Waals surface area contributed by atoms with E-state index in [1.165, 1.54) is 31.5 Å². The van der Waals surface area contributed by atoms with Gasteiger partial charge in [-0.05, 0) is 50.4 Å². The molecule has 5 rings (SSSR count). The molecule has 0 radical (unpaired) electrons. The number of aromatic amines is 1. The predicted molar refractivity (Wildman–Crippen MR) is 104 cm³/mol. The number of nitrogens with one attached hydrogen (secondary N) is 1. The van der Waals surface area contributed by atoms with Crippen LogP contribution in [0.3, 0.4) is 0 Å². The molecule has 0 atom stereocenters. The molecule has 2 saturated heterocycles. The van der Waals surface area contributed by atoms with E-state index in [9.17, 15) is 0 Å². The molecule has 2 aliphatic rings. The maximum absolute atomic E-state index is 4.65. The zero-order chi connectivity index (χ0) is 17.4. The number of hydrogen-bond donors (Lipinski definition) is 1. The van der Waals surface area contributed by atoms with Crippen molar-refractivity contribution in [2.24, 2.45) is 0 Å². The normalized spacial score (nSPS) is 20.7. The first-order valence-electron chi connectivity index (χ1n) is 9.70. The number of aromatic nitrogens is 3. The molecular weight excluding hydrogens is 322 g/mol. The summed E-state index contributed by atoms with van der Waals surface area (Å²) in [6, 6.07) is 13.1. The van der Waals surface area contributed by atoms with Crippen molar-refractivity contribution in [3.63, 3.8) is 0 Å². The van der Waals surface area contributed by atoms with Crippen LogP contribution in [0.2, 0.25) is 0 Å². The lowest BCUT2D eigenvalue weighted by molar-refractivity contribution is 0.0847. The number of hydrogen-bond acceptors (Lipinski definition) is 4. The van der Waals surface area contributed by atoms with Gasteiger partial charge in [0.05, 0.1) is 11.8 Å². The summed E-state index contributed by atoms with van der Waals surface area (Å²) < 4.78 is 0. The first-order valence-corrected chi connectivity index (χ1v) is 9.70. The topological polar surface area (TPSA) is 48.0 Å². The van der Waals surface area contributed by atoms with E-state index in [2.05, 4.69) is 55.1 Å². The fraction of sp³-hybridized carbons (Fsp3) is 0.429. The Morgan fingerprint density at radius 2 is 1.65 bits per heavy atom. The molecule has 3 aromatic rings. The summed E-state index contributed by atoms with van der Waals surface area (Å²) in [7, 11) is 0. The quantitative estimate of drug-likeness (QED) is 0.787. The first kappa shape index (κ1) is 15.8. The number of imidazole rings is 1. The largest absolute Gasteiger partial charge is 0.355 e. The highest BCUT2D eigenvalue weighted by atomic mass is 15.3. The van der Waals surface area contributed by atoms with Gasteiger partial charge in [0.2, 0.25) is 0 Å². The Hall–Kier alpha value is -2.40. The molecule has 2 aromatic heterocycles. The number of benzene rings is 1. The van der Waals surface area contributed by atoms with Crippen LogP contribution in [0.25, 0.3) is 11.0 Å². The van der Waals surface area contributed by atoms with E-state index in [1.54, 1.807) is 6.33 Å². The van der Waals surface area contributed by atoms with Gasteiger partial charge in [-0.1, -0.05) is 30.3 Å². The highest BCUT2D eigenvalue weighted by Gasteiger charge is 2.42. The van der Waals surface area contributed by atoms with Crippen molar-refractivity contribution in [3.8, 4) is 0 Å². The van der Waals surface area contributed by atoms with Crippen LogP contribution in [0.4, 0.5) is 5.82 Å². The minimum absolute atomic E-state index is 0.174. The predicted octanol–water partition coefficient (Wildman–Crippen LogP) is 3.55. The van der Waals surface area contributed by atoms with Crippen LogP contribution >= 0.6 is 0 Å². The summed E-state index contributed by atoms with van der Waals surface area (Å²) >= 11 is 0.